The topological polar surface area (TPSA) is 52.8 Å². The van der Waals surface area contributed by atoms with Gasteiger partial charge < -0.3 is 4.74 Å². The van der Waals surface area contributed by atoms with Gasteiger partial charge in [-0.25, -0.2) is 9.97 Å². The van der Waals surface area contributed by atoms with E-state index in [1.54, 1.807) is 18.0 Å². The smallest absolute Gasteiger partial charge is 0.167 e. The highest BCUT2D eigenvalue weighted by molar-refractivity contribution is 6.40. The third kappa shape index (κ3) is 2.12. The summed E-state index contributed by atoms with van der Waals surface area (Å²) in [6.07, 6.45) is 1.73. The number of methoxy groups -OCH3 is 1. The number of fused-ring (bicyclic) bond motifs is 2. The van der Waals surface area contributed by atoms with Gasteiger partial charge in [-0.1, -0.05) is 17.7 Å². The van der Waals surface area contributed by atoms with Gasteiger partial charge in [-0.05, 0) is 37.3 Å². The molecule has 0 N–H and O–H groups in total. The summed E-state index contributed by atoms with van der Waals surface area (Å²) in [5.74, 6) is 1.46. The third-order valence-electron chi connectivity index (χ3n) is 3.79. The van der Waals surface area contributed by atoms with Crippen molar-refractivity contribution in [2.45, 2.75) is 6.92 Å². The fourth-order valence-electron chi connectivity index (χ4n) is 2.68. The van der Waals surface area contributed by atoms with E-state index in [0.717, 1.165) is 27.7 Å². The van der Waals surface area contributed by atoms with Crippen molar-refractivity contribution in [1.29, 1.82) is 0 Å². The van der Waals surface area contributed by atoms with Crippen LogP contribution in [0, 0.1) is 6.92 Å². The molecule has 0 atom stereocenters. The van der Waals surface area contributed by atoms with E-state index in [9.17, 15) is 0 Å². The quantitative estimate of drug-likeness (QED) is 0.560. The van der Waals surface area contributed by atoms with Crippen molar-refractivity contribution in [2.24, 2.45) is 0 Å². The average molecular weight is 325 g/mol. The zero-order chi connectivity index (χ0) is 16.0. The molecule has 0 unspecified atom stereocenters. The zero-order valence-corrected chi connectivity index (χ0v) is 13.4. The summed E-state index contributed by atoms with van der Waals surface area (Å²) in [7, 11) is 1.63. The third-order valence-corrected chi connectivity index (χ3v) is 4.18. The Bertz CT molecular complexity index is 1030. The van der Waals surface area contributed by atoms with Gasteiger partial charge in [0.05, 0.1) is 28.7 Å². The van der Waals surface area contributed by atoms with Crippen molar-refractivity contribution in [2.75, 3.05) is 7.11 Å². The summed E-state index contributed by atoms with van der Waals surface area (Å²) in [5.41, 5.74) is 2.30. The first-order chi connectivity index (χ1) is 11.2. The predicted octanol–water partition coefficient (Wildman–Crippen LogP) is 3.94. The van der Waals surface area contributed by atoms with E-state index < -0.39 is 0 Å². The minimum absolute atomic E-state index is 0.628. The molecule has 0 spiro atoms. The Hall–Kier alpha value is -2.66. The lowest BCUT2D eigenvalue weighted by Gasteiger charge is -2.06. The van der Waals surface area contributed by atoms with Crippen LogP contribution in [0.2, 0.25) is 5.02 Å². The molecule has 0 aliphatic rings. The van der Waals surface area contributed by atoms with Crippen LogP contribution in [-0.2, 0) is 0 Å². The van der Waals surface area contributed by atoms with E-state index in [0.29, 0.717) is 16.5 Å². The van der Waals surface area contributed by atoms with E-state index in [-0.39, 0.29) is 0 Å². The second-order valence-corrected chi connectivity index (χ2v) is 5.57. The van der Waals surface area contributed by atoms with Gasteiger partial charge in [0, 0.05) is 11.6 Å². The Morgan fingerprint density at radius 2 is 2.04 bits per heavy atom. The molecule has 0 bridgehead atoms. The molecule has 4 rings (SSSR count). The maximum absolute atomic E-state index is 6.64. The predicted molar refractivity (Wildman–Crippen MR) is 90.5 cm³/mol. The van der Waals surface area contributed by atoms with Gasteiger partial charge in [0.1, 0.15) is 5.75 Å². The Morgan fingerprint density at radius 3 is 2.78 bits per heavy atom. The van der Waals surface area contributed by atoms with E-state index in [1.807, 2.05) is 43.3 Å². The van der Waals surface area contributed by atoms with Crippen molar-refractivity contribution in [3.8, 4) is 11.6 Å². The van der Waals surface area contributed by atoms with Crippen LogP contribution in [0.25, 0.3) is 27.8 Å². The van der Waals surface area contributed by atoms with Crippen LogP contribution in [-0.4, -0.2) is 26.9 Å². The molecule has 0 amide bonds. The molecule has 0 fully saturated rings. The summed E-state index contributed by atoms with van der Waals surface area (Å²) >= 11 is 6.64. The molecule has 0 saturated heterocycles. The molecule has 23 heavy (non-hydrogen) atoms. The van der Waals surface area contributed by atoms with E-state index >= 15 is 0 Å². The Balaban J connectivity index is 2.10. The molecule has 3 aromatic heterocycles. The first-order valence-corrected chi connectivity index (χ1v) is 7.51. The Labute approximate surface area is 137 Å². The number of aryl methyl sites for hydroxylation is 1. The van der Waals surface area contributed by atoms with Gasteiger partial charge in [-0.2, -0.15) is 9.78 Å². The van der Waals surface area contributed by atoms with Crippen LogP contribution in [0.4, 0.5) is 0 Å². The average Bonchev–Trinajstić information content (AvgIpc) is 2.92. The fraction of sp³-hybridized carbons (Fsp3) is 0.118. The summed E-state index contributed by atoms with van der Waals surface area (Å²) in [4.78, 5) is 9.08. The van der Waals surface area contributed by atoms with Crippen LogP contribution in [0.5, 0.6) is 5.75 Å². The summed E-state index contributed by atoms with van der Waals surface area (Å²) in [5, 5.41) is 6.87. The molecule has 5 nitrogen and oxygen atoms in total. The van der Waals surface area contributed by atoms with Crippen molar-refractivity contribution >= 4 is 33.5 Å². The molecule has 0 aliphatic carbocycles. The largest absolute Gasteiger partial charge is 0.497 e. The Morgan fingerprint density at radius 1 is 1.17 bits per heavy atom. The van der Waals surface area contributed by atoms with E-state index in [4.69, 9.17) is 21.3 Å². The molecular weight excluding hydrogens is 312 g/mol. The molecule has 6 heteroatoms. The molecule has 4 aromatic rings. The van der Waals surface area contributed by atoms with E-state index in [1.165, 1.54) is 0 Å². The molecule has 0 radical (unpaired) electrons. The normalized spacial score (nSPS) is 11.3. The summed E-state index contributed by atoms with van der Waals surface area (Å²) < 4.78 is 7.00. The van der Waals surface area contributed by atoms with Crippen molar-refractivity contribution in [1.82, 2.24) is 19.7 Å². The number of halogens is 1. The van der Waals surface area contributed by atoms with Gasteiger partial charge >= 0.3 is 0 Å². The van der Waals surface area contributed by atoms with Gasteiger partial charge in [-0.15, -0.1) is 0 Å². The fourth-order valence-corrected chi connectivity index (χ4v) is 3.05. The second kappa shape index (κ2) is 5.21. The lowest BCUT2D eigenvalue weighted by molar-refractivity contribution is 0.415. The monoisotopic (exact) mass is 324 g/mol. The minimum atomic E-state index is 0.628. The lowest BCUT2D eigenvalue weighted by Crippen LogP contribution is -2.00. The molecular formula is C17H13ClN4O. The van der Waals surface area contributed by atoms with Gasteiger partial charge in [0.25, 0.3) is 0 Å². The van der Waals surface area contributed by atoms with Gasteiger partial charge in [-0.3, -0.25) is 0 Å². The van der Waals surface area contributed by atoms with Crippen molar-refractivity contribution < 1.29 is 4.74 Å². The molecule has 1 aromatic carbocycles. The van der Waals surface area contributed by atoms with Crippen LogP contribution in [0.1, 0.15) is 5.69 Å². The summed E-state index contributed by atoms with van der Waals surface area (Å²) in [6, 6.07) is 11.3. The van der Waals surface area contributed by atoms with Gasteiger partial charge in [0.15, 0.2) is 11.5 Å². The molecule has 3 heterocycles. The number of rotatable bonds is 2. The molecule has 0 saturated carbocycles. The number of nitrogens with zero attached hydrogens (tertiary/aromatic N) is 4. The number of benzene rings is 1. The number of aromatic nitrogens is 4. The molecule has 0 aliphatic heterocycles. The van der Waals surface area contributed by atoms with Crippen LogP contribution >= 0.6 is 11.6 Å². The maximum atomic E-state index is 6.64. The van der Waals surface area contributed by atoms with Crippen LogP contribution < -0.4 is 4.74 Å². The standard InChI is InChI=1S/C17H13ClN4O/c1-10-15-16(18)12-9-11(23-2)6-7-13(12)20-17(15)22(21-10)14-5-3-4-8-19-14/h3-9H,1-2H3. The van der Waals surface area contributed by atoms with Crippen LogP contribution in [0.3, 0.4) is 0 Å². The zero-order valence-electron chi connectivity index (χ0n) is 12.6. The highest BCUT2D eigenvalue weighted by atomic mass is 35.5. The highest BCUT2D eigenvalue weighted by Crippen LogP contribution is 2.34. The Kier molecular flexibility index (Phi) is 3.16. The molecule has 114 valence electrons. The first kappa shape index (κ1) is 14.0. The minimum Gasteiger partial charge on any atom is -0.497 e. The lowest BCUT2D eigenvalue weighted by atomic mass is 10.1. The SMILES string of the molecule is COc1ccc2nc3c(c(C)nn3-c3ccccn3)c(Cl)c2c1. The number of pyridine rings is 2. The van der Waals surface area contributed by atoms with Crippen LogP contribution in [0.15, 0.2) is 42.6 Å². The number of ether oxygens (including phenoxy) is 1. The second-order valence-electron chi connectivity index (χ2n) is 5.19. The maximum Gasteiger partial charge on any atom is 0.167 e. The van der Waals surface area contributed by atoms with E-state index in [2.05, 4.69) is 10.1 Å². The number of hydrogen-bond donors (Lipinski definition) is 0. The van der Waals surface area contributed by atoms with Crippen molar-refractivity contribution in [3.05, 3.63) is 53.3 Å². The van der Waals surface area contributed by atoms with Gasteiger partial charge in [0.2, 0.25) is 0 Å². The highest BCUT2D eigenvalue weighted by Gasteiger charge is 2.17. The number of hydrogen-bond acceptors (Lipinski definition) is 4. The first-order valence-electron chi connectivity index (χ1n) is 7.13. The van der Waals surface area contributed by atoms with Crippen molar-refractivity contribution in [3.63, 3.8) is 0 Å². The summed E-state index contributed by atoms with van der Waals surface area (Å²) in [6.45, 7) is 1.92.